The summed E-state index contributed by atoms with van der Waals surface area (Å²) in [5.41, 5.74) is 2.16. The lowest BCUT2D eigenvalue weighted by molar-refractivity contribution is 0.602. The lowest BCUT2D eigenvalue weighted by Crippen LogP contribution is -2.35. The van der Waals surface area contributed by atoms with Gasteiger partial charge in [0.15, 0.2) is 12.0 Å². The van der Waals surface area contributed by atoms with Gasteiger partial charge in [-0.05, 0) is 24.3 Å². The SMILES string of the molecule is O=c1c(Nc2ccccc2)c(Nc2ccc3ncoc3c2)c1=O. The summed E-state index contributed by atoms with van der Waals surface area (Å²) in [4.78, 5) is 27.7. The van der Waals surface area contributed by atoms with Crippen LogP contribution in [0.4, 0.5) is 22.7 Å². The number of hydrogen-bond acceptors (Lipinski definition) is 6. The van der Waals surface area contributed by atoms with Crippen molar-refractivity contribution in [2.24, 2.45) is 0 Å². The molecule has 0 saturated carbocycles. The minimum Gasteiger partial charge on any atom is -0.443 e. The summed E-state index contributed by atoms with van der Waals surface area (Å²) in [5.74, 6) is 0. The zero-order chi connectivity index (χ0) is 15.8. The molecule has 2 N–H and O–H groups in total. The molecule has 0 aliphatic rings. The Morgan fingerprint density at radius 1 is 0.826 bits per heavy atom. The van der Waals surface area contributed by atoms with E-state index < -0.39 is 10.9 Å². The smallest absolute Gasteiger partial charge is 0.253 e. The number of para-hydroxylation sites is 1. The summed E-state index contributed by atoms with van der Waals surface area (Å²) in [6.45, 7) is 0. The van der Waals surface area contributed by atoms with E-state index in [0.717, 1.165) is 11.2 Å². The van der Waals surface area contributed by atoms with Crippen molar-refractivity contribution < 1.29 is 4.42 Å². The third-order valence-corrected chi connectivity index (χ3v) is 3.55. The molecule has 6 nitrogen and oxygen atoms in total. The van der Waals surface area contributed by atoms with Gasteiger partial charge in [0.05, 0.1) is 0 Å². The Bertz CT molecular complexity index is 1060. The normalized spacial score (nSPS) is 11.0. The van der Waals surface area contributed by atoms with E-state index in [1.54, 1.807) is 18.2 Å². The van der Waals surface area contributed by atoms with Crippen LogP contribution in [-0.4, -0.2) is 4.98 Å². The van der Waals surface area contributed by atoms with Crippen molar-refractivity contribution in [3.63, 3.8) is 0 Å². The zero-order valence-electron chi connectivity index (χ0n) is 11.9. The highest BCUT2D eigenvalue weighted by atomic mass is 16.3. The van der Waals surface area contributed by atoms with Gasteiger partial charge in [0.25, 0.3) is 10.9 Å². The molecule has 0 saturated heterocycles. The molecule has 0 bridgehead atoms. The quantitative estimate of drug-likeness (QED) is 0.564. The largest absolute Gasteiger partial charge is 0.443 e. The van der Waals surface area contributed by atoms with Crippen LogP contribution in [0.1, 0.15) is 0 Å². The average Bonchev–Trinajstić information content (AvgIpc) is 3.06. The average molecular weight is 305 g/mol. The molecule has 0 amide bonds. The molecule has 0 radical (unpaired) electrons. The number of anilines is 4. The van der Waals surface area contributed by atoms with E-state index in [2.05, 4.69) is 15.6 Å². The molecule has 1 heterocycles. The lowest BCUT2D eigenvalue weighted by Gasteiger charge is -2.14. The monoisotopic (exact) mass is 305 g/mol. The predicted octanol–water partition coefficient (Wildman–Crippen LogP) is 2.91. The second-order valence-electron chi connectivity index (χ2n) is 5.06. The van der Waals surface area contributed by atoms with Gasteiger partial charge >= 0.3 is 0 Å². The standard InChI is InChI=1S/C17H11N3O3/c21-16-14(19-10-4-2-1-3-5-10)15(17(16)22)20-11-6-7-12-13(8-11)23-9-18-12/h1-9,19-20H. The van der Waals surface area contributed by atoms with Crippen LogP contribution in [0.5, 0.6) is 0 Å². The van der Waals surface area contributed by atoms with Gasteiger partial charge in [0.1, 0.15) is 16.9 Å². The van der Waals surface area contributed by atoms with Gasteiger partial charge in [-0.1, -0.05) is 18.2 Å². The number of benzene rings is 2. The molecule has 0 spiro atoms. The van der Waals surface area contributed by atoms with Gasteiger partial charge < -0.3 is 15.1 Å². The molecule has 0 aliphatic heterocycles. The van der Waals surface area contributed by atoms with Crippen molar-refractivity contribution in [3.8, 4) is 0 Å². The molecule has 3 aromatic carbocycles. The molecular weight excluding hydrogens is 294 g/mol. The van der Waals surface area contributed by atoms with Gasteiger partial charge in [-0.15, -0.1) is 0 Å². The highest BCUT2D eigenvalue weighted by molar-refractivity contribution is 5.84. The van der Waals surface area contributed by atoms with E-state index in [1.165, 1.54) is 6.39 Å². The Labute approximate surface area is 130 Å². The minimum absolute atomic E-state index is 0.248. The van der Waals surface area contributed by atoms with Crippen molar-refractivity contribution in [1.29, 1.82) is 0 Å². The summed E-state index contributed by atoms with van der Waals surface area (Å²) in [5, 5.41) is 5.94. The molecule has 0 fully saturated rings. The van der Waals surface area contributed by atoms with E-state index in [9.17, 15) is 9.59 Å². The van der Waals surface area contributed by atoms with Gasteiger partial charge in [-0.3, -0.25) is 9.59 Å². The minimum atomic E-state index is -0.541. The maximum Gasteiger partial charge on any atom is 0.253 e. The summed E-state index contributed by atoms with van der Waals surface area (Å²) >= 11 is 0. The van der Waals surface area contributed by atoms with Crippen LogP contribution < -0.4 is 21.5 Å². The molecule has 0 unspecified atom stereocenters. The summed E-state index contributed by atoms with van der Waals surface area (Å²) in [7, 11) is 0. The number of nitrogens with one attached hydrogen (secondary N) is 2. The first kappa shape index (κ1) is 13.3. The molecule has 112 valence electrons. The van der Waals surface area contributed by atoms with E-state index in [1.807, 2.05) is 30.3 Å². The van der Waals surface area contributed by atoms with E-state index >= 15 is 0 Å². The fourth-order valence-corrected chi connectivity index (χ4v) is 2.37. The van der Waals surface area contributed by atoms with Crippen LogP contribution in [0.3, 0.4) is 0 Å². The fraction of sp³-hybridized carbons (Fsp3) is 0. The summed E-state index contributed by atoms with van der Waals surface area (Å²) < 4.78 is 5.23. The zero-order valence-corrected chi connectivity index (χ0v) is 11.9. The van der Waals surface area contributed by atoms with Crippen molar-refractivity contribution in [3.05, 3.63) is 75.4 Å². The van der Waals surface area contributed by atoms with Crippen molar-refractivity contribution in [2.45, 2.75) is 0 Å². The number of rotatable bonds is 4. The van der Waals surface area contributed by atoms with Crippen LogP contribution in [0.2, 0.25) is 0 Å². The lowest BCUT2D eigenvalue weighted by atomic mass is 10.1. The van der Waals surface area contributed by atoms with Crippen molar-refractivity contribution in [2.75, 3.05) is 10.6 Å². The fourth-order valence-electron chi connectivity index (χ4n) is 2.37. The first-order valence-corrected chi connectivity index (χ1v) is 6.98. The number of nitrogens with zero attached hydrogens (tertiary/aromatic N) is 1. The van der Waals surface area contributed by atoms with Crippen LogP contribution >= 0.6 is 0 Å². The first-order valence-electron chi connectivity index (χ1n) is 6.98. The Morgan fingerprint density at radius 3 is 2.26 bits per heavy atom. The van der Waals surface area contributed by atoms with Crippen molar-refractivity contribution >= 4 is 33.8 Å². The number of hydrogen-bond donors (Lipinski definition) is 2. The van der Waals surface area contributed by atoms with Gasteiger partial charge in [-0.25, -0.2) is 4.98 Å². The van der Waals surface area contributed by atoms with E-state index in [4.69, 9.17) is 4.42 Å². The number of fused-ring (bicyclic) bond motifs is 1. The topological polar surface area (TPSA) is 84.2 Å². The van der Waals surface area contributed by atoms with Crippen LogP contribution in [0.15, 0.2) is 68.9 Å². The van der Waals surface area contributed by atoms with Crippen LogP contribution in [0.25, 0.3) is 11.1 Å². The molecule has 0 atom stereocenters. The molecule has 6 heteroatoms. The maximum absolute atomic E-state index is 11.8. The highest BCUT2D eigenvalue weighted by Gasteiger charge is 2.21. The maximum atomic E-state index is 11.8. The molecule has 4 rings (SSSR count). The van der Waals surface area contributed by atoms with E-state index in [-0.39, 0.29) is 11.4 Å². The molecule has 0 aliphatic carbocycles. The third-order valence-electron chi connectivity index (χ3n) is 3.55. The summed E-state index contributed by atoms with van der Waals surface area (Å²) in [6.07, 6.45) is 1.36. The van der Waals surface area contributed by atoms with Crippen molar-refractivity contribution in [1.82, 2.24) is 4.98 Å². The van der Waals surface area contributed by atoms with Crippen LogP contribution in [-0.2, 0) is 0 Å². The molecule has 1 aromatic heterocycles. The van der Waals surface area contributed by atoms with Gasteiger partial charge in [-0.2, -0.15) is 0 Å². The van der Waals surface area contributed by atoms with Gasteiger partial charge in [0.2, 0.25) is 0 Å². The highest BCUT2D eigenvalue weighted by Crippen LogP contribution is 2.26. The molecule has 23 heavy (non-hydrogen) atoms. The Morgan fingerprint density at radius 2 is 1.52 bits per heavy atom. The first-order chi connectivity index (χ1) is 11.2. The molecular formula is C17H11N3O3. The number of oxazole rings is 1. The Hall–Kier alpha value is -3.41. The molecule has 4 aromatic rings. The van der Waals surface area contributed by atoms with E-state index in [0.29, 0.717) is 11.3 Å². The second-order valence-corrected chi connectivity index (χ2v) is 5.06. The summed E-state index contributed by atoms with van der Waals surface area (Å²) in [6, 6.07) is 14.5. The number of aromatic nitrogens is 1. The third kappa shape index (κ3) is 2.26. The van der Waals surface area contributed by atoms with Crippen LogP contribution in [0, 0.1) is 0 Å². The Balaban J connectivity index is 1.65. The second kappa shape index (κ2) is 5.10. The van der Waals surface area contributed by atoms with Gasteiger partial charge in [0, 0.05) is 17.4 Å². The Kier molecular flexibility index (Phi) is 2.94. The predicted molar refractivity (Wildman–Crippen MR) is 88.4 cm³/mol.